The maximum absolute atomic E-state index is 12.0. The number of carbonyl (C=O) groups is 1. The van der Waals surface area contributed by atoms with Gasteiger partial charge >= 0.3 is 7.12 Å². The van der Waals surface area contributed by atoms with Gasteiger partial charge in [0.25, 0.3) is 0 Å². The molecular weight excluding hydrogens is 289 g/mol. The van der Waals surface area contributed by atoms with Crippen molar-refractivity contribution in [2.24, 2.45) is 0 Å². The van der Waals surface area contributed by atoms with E-state index in [9.17, 15) is 4.79 Å². The first kappa shape index (κ1) is 18.0. The van der Waals surface area contributed by atoms with E-state index in [-0.39, 0.29) is 29.8 Å². The number of nitrogens with one attached hydrogen (secondary N) is 1. The molecule has 0 radical (unpaired) electrons. The van der Waals surface area contributed by atoms with E-state index in [1.54, 1.807) is 0 Å². The number of amides is 1. The summed E-state index contributed by atoms with van der Waals surface area (Å²) >= 11 is 0. The smallest absolute Gasteiger partial charge is 0.399 e. The van der Waals surface area contributed by atoms with Crippen LogP contribution >= 0.6 is 0 Å². The quantitative estimate of drug-likeness (QED) is 0.871. The summed E-state index contributed by atoms with van der Waals surface area (Å²) < 4.78 is 12.1. The molecule has 1 aliphatic heterocycles. The fourth-order valence-electron chi connectivity index (χ4n) is 2.42. The van der Waals surface area contributed by atoms with Crippen LogP contribution < -0.4 is 10.8 Å². The molecule has 0 bridgehead atoms. The van der Waals surface area contributed by atoms with E-state index >= 15 is 0 Å². The third-order valence-electron chi connectivity index (χ3n) is 4.38. The van der Waals surface area contributed by atoms with Gasteiger partial charge in [0.1, 0.15) is 0 Å². The Hall–Kier alpha value is -1.33. The second kappa shape index (κ2) is 5.95. The number of hydrogen-bond acceptors (Lipinski definition) is 3. The summed E-state index contributed by atoms with van der Waals surface area (Å²) in [6.45, 7) is 14.1. The lowest BCUT2D eigenvalue weighted by molar-refractivity contribution is -0.121. The number of hydrogen-bond donors (Lipinski definition) is 1. The summed E-state index contributed by atoms with van der Waals surface area (Å²) in [5, 5.41) is 2.97. The highest BCUT2D eigenvalue weighted by Crippen LogP contribution is 2.36. The third-order valence-corrected chi connectivity index (χ3v) is 4.38. The van der Waals surface area contributed by atoms with Crippen LogP contribution in [0.25, 0.3) is 0 Å². The number of benzene rings is 1. The zero-order valence-electron chi connectivity index (χ0n) is 15.3. The minimum Gasteiger partial charge on any atom is -0.399 e. The lowest BCUT2D eigenvalue weighted by Crippen LogP contribution is -2.41. The average molecular weight is 317 g/mol. The Labute approximate surface area is 140 Å². The summed E-state index contributed by atoms with van der Waals surface area (Å²) in [4.78, 5) is 12.0. The topological polar surface area (TPSA) is 47.6 Å². The first-order valence-electron chi connectivity index (χ1n) is 8.15. The maximum atomic E-state index is 12.0. The first-order chi connectivity index (χ1) is 10.4. The van der Waals surface area contributed by atoms with Gasteiger partial charge in [0.15, 0.2) is 0 Å². The highest BCUT2D eigenvalue weighted by Gasteiger charge is 2.51. The van der Waals surface area contributed by atoms with Gasteiger partial charge in [-0.3, -0.25) is 4.79 Å². The lowest BCUT2D eigenvalue weighted by Gasteiger charge is -2.32. The average Bonchev–Trinajstić information content (AvgIpc) is 2.56. The van der Waals surface area contributed by atoms with Gasteiger partial charge in [0.05, 0.1) is 17.6 Å². The van der Waals surface area contributed by atoms with Crippen LogP contribution in [0.3, 0.4) is 0 Å². The van der Waals surface area contributed by atoms with Crippen LogP contribution in [-0.2, 0) is 20.5 Å². The second-order valence-corrected chi connectivity index (χ2v) is 8.30. The van der Waals surface area contributed by atoms with Crippen LogP contribution in [-0.4, -0.2) is 29.8 Å². The van der Waals surface area contributed by atoms with E-state index in [1.165, 1.54) is 0 Å². The van der Waals surface area contributed by atoms with Crippen LogP contribution in [0.1, 0.15) is 54.0 Å². The zero-order chi connectivity index (χ0) is 17.5. The zero-order valence-corrected chi connectivity index (χ0v) is 15.3. The van der Waals surface area contributed by atoms with Gasteiger partial charge in [-0.25, -0.2) is 0 Å². The molecule has 0 atom stereocenters. The van der Waals surface area contributed by atoms with Gasteiger partial charge in [-0.1, -0.05) is 24.3 Å². The molecule has 126 valence electrons. The monoisotopic (exact) mass is 317 g/mol. The normalized spacial score (nSPS) is 19.7. The molecule has 4 nitrogen and oxygen atoms in total. The Bertz CT molecular complexity index is 557. The van der Waals surface area contributed by atoms with E-state index in [2.05, 4.69) is 5.32 Å². The van der Waals surface area contributed by atoms with E-state index < -0.39 is 0 Å². The molecule has 1 amide bonds. The third kappa shape index (κ3) is 4.36. The predicted molar refractivity (Wildman–Crippen MR) is 93.8 cm³/mol. The number of rotatable bonds is 3. The molecule has 0 unspecified atom stereocenters. The summed E-state index contributed by atoms with van der Waals surface area (Å²) in [6, 6.07) is 7.87. The van der Waals surface area contributed by atoms with Crippen molar-refractivity contribution in [1.29, 1.82) is 0 Å². The van der Waals surface area contributed by atoms with Crippen molar-refractivity contribution in [3.05, 3.63) is 29.8 Å². The Morgan fingerprint density at radius 2 is 1.52 bits per heavy atom. The van der Waals surface area contributed by atoms with Crippen molar-refractivity contribution in [2.75, 3.05) is 0 Å². The van der Waals surface area contributed by atoms with Gasteiger partial charge in [-0.15, -0.1) is 0 Å². The predicted octanol–water partition coefficient (Wildman–Crippen LogP) is 2.44. The van der Waals surface area contributed by atoms with E-state index in [0.29, 0.717) is 6.42 Å². The molecule has 23 heavy (non-hydrogen) atoms. The van der Waals surface area contributed by atoms with E-state index in [0.717, 1.165) is 11.0 Å². The molecule has 1 heterocycles. The van der Waals surface area contributed by atoms with Crippen LogP contribution in [0.4, 0.5) is 0 Å². The summed E-state index contributed by atoms with van der Waals surface area (Å²) in [7, 11) is -0.363. The van der Waals surface area contributed by atoms with E-state index in [1.807, 2.05) is 72.7 Å². The van der Waals surface area contributed by atoms with Gasteiger partial charge in [-0.2, -0.15) is 0 Å². The standard InChI is InChI=1S/C18H28BNO3/c1-16(2,3)20-15(21)12-13-8-10-14(11-9-13)19-22-17(4,5)18(6,7)23-19/h8-11H,12H2,1-7H3,(H,20,21). The van der Waals surface area contributed by atoms with Crippen LogP contribution in [0.15, 0.2) is 24.3 Å². The Morgan fingerprint density at radius 3 is 1.96 bits per heavy atom. The molecule has 0 saturated carbocycles. The van der Waals surface area contributed by atoms with Crippen molar-refractivity contribution >= 4 is 18.5 Å². The van der Waals surface area contributed by atoms with Gasteiger partial charge < -0.3 is 14.6 Å². The minimum absolute atomic E-state index is 0.0286. The largest absolute Gasteiger partial charge is 0.494 e. The minimum atomic E-state index is -0.363. The van der Waals surface area contributed by atoms with Crippen molar-refractivity contribution in [2.45, 2.75) is 71.6 Å². The molecule has 2 rings (SSSR count). The van der Waals surface area contributed by atoms with Gasteiger partial charge in [-0.05, 0) is 59.5 Å². The molecule has 1 saturated heterocycles. The Kier molecular flexibility index (Phi) is 4.66. The van der Waals surface area contributed by atoms with Gasteiger partial charge in [0, 0.05) is 5.54 Å². The van der Waals surface area contributed by atoms with Gasteiger partial charge in [0.2, 0.25) is 5.91 Å². The second-order valence-electron chi connectivity index (χ2n) is 8.30. The summed E-state index contributed by atoms with van der Waals surface area (Å²) in [5.41, 5.74) is 1.06. The Morgan fingerprint density at radius 1 is 1.04 bits per heavy atom. The molecule has 1 fully saturated rings. The van der Waals surface area contributed by atoms with Crippen LogP contribution in [0.5, 0.6) is 0 Å². The van der Waals surface area contributed by atoms with E-state index in [4.69, 9.17) is 9.31 Å². The first-order valence-corrected chi connectivity index (χ1v) is 8.15. The summed E-state index contributed by atoms with van der Waals surface area (Å²) in [6.07, 6.45) is 0.376. The molecule has 1 aromatic rings. The molecular formula is C18H28BNO3. The van der Waals surface area contributed by atoms with Crippen molar-refractivity contribution in [3.8, 4) is 0 Å². The SMILES string of the molecule is CC(C)(C)NC(=O)Cc1ccc(B2OC(C)(C)C(C)(C)O2)cc1. The Balaban J connectivity index is 2.02. The van der Waals surface area contributed by atoms with Crippen molar-refractivity contribution in [1.82, 2.24) is 5.32 Å². The molecule has 0 spiro atoms. The van der Waals surface area contributed by atoms with Crippen molar-refractivity contribution in [3.63, 3.8) is 0 Å². The van der Waals surface area contributed by atoms with Crippen LogP contribution in [0, 0.1) is 0 Å². The highest BCUT2D eigenvalue weighted by molar-refractivity contribution is 6.62. The molecule has 0 aliphatic carbocycles. The molecule has 1 aliphatic rings. The summed E-state index contributed by atoms with van der Waals surface area (Å²) in [5.74, 6) is 0.0286. The lowest BCUT2D eigenvalue weighted by atomic mass is 9.79. The molecule has 1 aromatic carbocycles. The number of carbonyl (C=O) groups excluding carboxylic acids is 1. The van der Waals surface area contributed by atoms with Crippen LogP contribution in [0.2, 0.25) is 0 Å². The fraction of sp³-hybridized carbons (Fsp3) is 0.611. The molecule has 5 heteroatoms. The fourth-order valence-corrected chi connectivity index (χ4v) is 2.42. The highest BCUT2D eigenvalue weighted by atomic mass is 16.7. The molecule has 0 aromatic heterocycles. The maximum Gasteiger partial charge on any atom is 0.494 e. The van der Waals surface area contributed by atoms with Crippen molar-refractivity contribution < 1.29 is 14.1 Å². The molecule has 1 N–H and O–H groups in total.